The number of nitrogens with one attached hydrogen (secondary N) is 2. The van der Waals surface area contributed by atoms with Crippen LogP contribution in [0.5, 0.6) is 0 Å². The summed E-state index contributed by atoms with van der Waals surface area (Å²) in [5.74, 6) is -3.83. The molecule has 0 atom stereocenters. The molecular formula is C20H30Cl2N4O. The van der Waals surface area contributed by atoms with Gasteiger partial charge in [-0.3, -0.25) is 4.90 Å². The van der Waals surface area contributed by atoms with Crippen LogP contribution in [0, 0.1) is 5.89 Å². The second-order valence-corrected chi connectivity index (χ2v) is 6.63. The zero-order chi connectivity index (χ0) is 32.5. The maximum absolute atomic E-state index is 12.3. The van der Waals surface area contributed by atoms with E-state index in [1.165, 1.54) is 15.5 Å². The average molecular weight is 428 g/mol. The molecule has 0 bridgehead atoms. The van der Waals surface area contributed by atoms with Crippen molar-refractivity contribution < 1.29 is 25.4 Å². The first-order valence-electron chi connectivity index (χ1n) is 15.7. The fourth-order valence-electron chi connectivity index (χ4n) is 2.68. The van der Waals surface area contributed by atoms with Crippen molar-refractivity contribution in [2.24, 2.45) is 5.89 Å². The molecule has 3 rings (SSSR count). The minimum Gasteiger partial charge on any atom is -0.368 e. The molecule has 0 unspecified atom stereocenters. The number of nitrogens with zero attached hydrogens (tertiary/aromatic N) is 2. The molecule has 2 amide bonds. The molecule has 27 heavy (non-hydrogen) atoms. The molecule has 2 fully saturated rings. The maximum Gasteiger partial charge on any atom is 0.314 e. The van der Waals surface area contributed by atoms with Gasteiger partial charge in [0.05, 0.1) is 17.1 Å². The normalized spacial score (nSPS) is 46.0. The summed E-state index contributed by atoms with van der Waals surface area (Å²) in [6.45, 7) is -3.17. The molecule has 2 N–H and O–H groups in total. The lowest BCUT2D eigenvalue weighted by molar-refractivity contribution is 0.206. The van der Waals surface area contributed by atoms with Crippen LogP contribution in [0.2, 0.25) is 10.0 Å². The molecule has 0 radical (unpaired) electrons. The predicted octanol–water partition coefficient (Wildman–Crippen LogP) is 3.99. The average Bonchev–Trinajstić information content (AvgIpc) is 2.83. The molecule has 0 spiro atoms. The fourth-order valence-corrected chi connectivity index (χ4v) is 3.10. The van der Waals surface area contributed by atoms with E-state index in [9.17, 15) is 4.79 Å². The van der Waals surface area contributed by atoms with E-state index in [0.29, 0.717) is 15.7 Å². The molecular weight excluding hydrogens is 383 g/mol. The number of carbonyl (C=O) groups excluding carboxylic acids is 1. The van der Waals surface area contributed by atoms with E-state index in [-0.39, 0.29) is 26.2 Å². The number of benzene rings is 1. The molecule has 1 aliphatic heterocycles. The van der Waals surface area contributed by atoms with E-state index in [0.717, 1.165) is 0 Å². The molecule has 1 aromatic rings. The summed E-state index contributed by atoms with van der Waals surface area (Å²) >= 11 is 12.4. The lowest BCUT2D eigenvalue weighted by Crippen LogP contribution is -2.47. The lowest BCUT2D eigenvalue weighted by Gasteiger charge is -2.37. The van der Waals surface area contributed by atoms with Gasteiger partial charge in [-0.15, -0.1) is 0 Å². The summed E-state index contributed by atoms with van der Waals surface area (Å²) in [6, 6.07) is -0.637. The number of anilines is 1. The minimum atomic E-state index is -3.97. The van der Waals surface area contributed by atoms with E-state index in [1.807, 2.05) is 4.90 Å². The summed E-state index contributed by atoms with van der Waals surface area (Å²) in [5.41, 5.74) is 0.618. The molecule has 0 aromatic heterocycles. The summed E-state index contributed by atoms with van der Waals surface area (Å²) in [5, 5.41) is 3.41. The van der Waals surface area contributed by atoms with Gasteiger partial charge in [-0.25, -0.2) is 4.79 Å². The number of hydrogen-bond donors (Lipinski definition) is 2. The van der Waals surface area contributed by atoms with Crippen LogP contribution in [0.1, 0.15) is 52.4 Å². The monoisotopic (exact) mass is 427 g/mol. The van der Waals surface area contributed by atoms with Gasteiger partial charge in [0, 0.05) is 58.4 Å². The number of halogens is 2. The number of rotatable bonds is 5. The van der Waals surface area contributed by atoms with Crippen molar-refractivity contribution in [3.63, 3.8) is 0 Å². The number of hydrogen-bond acceptors (Lipinski definition) is 3. The summed E-state index contributed by atoms with van der Waals surface area (Å²) in [6.07, 6.45) is -19.2. The Morgan fingerprint density at radius 3 is 2.74 bits per heavy atom. The Labute approximate surface area is 193 Å². The molecule has 1 aromatic carbocycles. The van der Waals surface area contributed by atoms with Gasteiger partial charge in [-0.1, -0.05) is 29.3 Å². The molecule has 150 valence electrons. The van der Waals surface area contributed by atoms with Crippen molar-refractivity contribution in [3.8, 4) is 0 Å². The highest BCUT2D eigenvalue weighted by molar-refractivity contribution is 6.43. The predicted molar refractivity (Wildman–Crippen MR) is 113 cm³/mol. The van der Waals surface area contributed by atoms with E-state index in [4.69, 9.17) is 43.8 Å². The zero-order valence-electron chi connectivity index (χ0n) is 29.3. The SMILES string of the molecule is [2H]C([2H])([2H])NC(=O)NC1([2H])C([2H])([2H])C([2H])([2H])C([2H])(C([2H])([2H])CN2CCN(c3cccc(Cl)c3Cl)CC2)C([2H])([2H])C1([2H])[2H]. The first kappa shape index (κ1) is 8.68. The highest BCUT2D eigenvalue weighted by atomic mass is 35.5. The molecule has 1 saturated heterocycles. The Morgan fingerprint density at radius 1 is 1.30 bits per heavy atom. The van der Waals surface area contributed by atoms with Crippen molar-refractivity contribution in [1.82, 2.24) is 15.5 Å². The largest absolute Gasteiger partial charge is 0.368 e. The van der Waals surface area contributed by atoms with Crippen LogP contribution in [0.3, 0.4) is 0 Å². The van der Waals surface area contributed by atoms with E-state index < -0.39 is 63.3 Å². The quantitative estimate of drug-likeness (QED) is 0.746. The lowest BCUT2D eigenvalue weighted by atomic mass is 9.84. The topological polar surface area (TPSA) is 47.6 Å². The Hall–Kier alpha value is -1.17. The molecule has 2 aliphatic rings. The van der Waals surface area contributed by atoms with Gasteiger partial charge < -0.3 is 15.5 Å². The van der Waals surface area contributed by atoms with Crippen molar-refractivity contribution >= 4 is 34.9 Å². The molecule has 1 aliphatic carbocycles. The van der Waals surface area contributed by atoms with Crippen molar-refractivity contribution in [2.45, 2.75) is 37.9 Å². The molecule has 1 heterocycles. The van der Waals surface area contributed by atoms with Gasteiger partial charge in [0.15, 0.2) is 0 Å². The number of carbonyl (C=O) groups is 1. The highest BCUT2D eigenvalue weighted by Gasteiger charge is 2.24. The van der Waals surface area contributed by atoms with Crippen LogP contribution in [0.25, 0.3) is 0 Å². The third-order valence-electron chi connectivity index (χ3n) is 4.10. The summed E-state index contributed by atoms with van der Waals surface area (Å²) in [7, 11) is 0. The summed E-state index contributed by atoms with van der Waals surface area (Å²) < 4.78 is 124. The van der Waals surface area contributed by atoms with Crippen LogP contribution in [0.4, 0.5) is 10.5 Å². The van der Waals surface area contributed by atoms with E-state index in [1.54, 1.807) is 18.2 Å². The first-order chi connectivity index (χ1) is 18.7. The molecule has 1 saturated carbocycles. The summed E-state index contributed by atoms with van der Waals surface area (Å²) in [4.78, 5) is 15.6. The minimum absolute atomic E-state index is 0.128. The molecule has 5 nitrogen and oxygen atoms in total. The van der Waals surface area contributed by atoms with Gasteiger partial charge in [-0.2, -0.15) is 0 Å². The van der Waals surface area contributed by atoms with Crippen molar-refractivity contribution in [2.75, 3.05) is 44.6 Å². The Kier molecular flexibility index (Phi) is 3.17. The first-order valence-corrected chi connectivity index (χ1v) is 8.99. The van der Waals surface area contributed by atoms with Gasteiger partial charge in [0.2, 0.25) is 0 Å². The smallest absolute Gasteiger partial charge is 0.314 e. The Balaban J connectivity index is 1.96. The second-order valence-electron chi connectivity index (χ2n) is 5.84. The Morgan fingerprint density at radius 2 is 2.04 bits per heavy atom. The van der Waals surface area contributed by atoms with E-state index >= 15 is 0 Å². The molecule has 7 heteroatoms. The second kappa shape index (κ2) is 9.85. The van der Waals surface area contributed by atoms with Gasteiger partial charge in [0.1, 0.15) is 0 Å². The number of piperazine rings is 1. The highest BCUT2D eigenvalue weighted by Crippen LogP contribution is 2.33. The van der Waals surface area contributed by atoms with Crippen molar-refractivity contribution in [1.29, 1.82) is 0 Å². The van der Waals surface area contributed by atoms with Gasteiger partial charge in [-0.05, 0) is 56.4 Å². The van der Waals surface area contributed by atoms with E-state index in [2.05, 4.69) is 0 Å². The zero-order valence-corrected chi connectivity index (χ0v) is 15.8. The number of urea groups is 1. The fraction of sp³-hybridized carbons (Fsp3) is 0.650. The van der Waals surface area contributed by atoms with Gasteiger partial charge in [0.25, 0.3) is 0 Å². The van der Waals surface area contributed by atoms with Crippen LogP contribution < -0.4 is 15.5 Å². The standard InChI is InChI=1S/C20H30Cl2N4O/c1-23-20(27)24-16-7-5-15(6-8-16)9-10-25-11-13-26(14-12-25)18-4-2-3-17(21)19(18)22/h2-4,15-16H,5-14H2,1H3,(H2,23,24,27)/i1D3,5D2,6D2,7D2,8D2,9D2,15D,16D. The van der Waals surface area contributed by atoms with Crippen LogP contribution >= 0.6 is 23.2 Å². The van der Waals surface area contributed by atoms with Crippen LogP contribution in [-0.4, -0.2) is 56.6 Å². The maximum atomic E-state index is 12.3. The third kappa shape index (κ3) is 5.66. The van der Waals surface area contributed by atoms with Crippen molar-refractivity contribution in [3.05, 3.63) is 28.2 Å². The van der Waals surface area contributed by atoms with Gasteiger partial charge >= 0.3 is 6.03 Å². The Bertz CT molecular complexity index is 1180. The van der Waals surface area contributed by atoms with Crippen LogP contribution in [0.15, 0.2) is 18.2 Å². The third-order valence-corrected chi connectivity index (χ3v) is 4.91. The van der Waals surface area contributed by atoms with Crippen LogP contribution in [-0.2, 0) is 0 Å². The number of amides is 2.